The van der Waals surface area contributed by atoms with Crippen LogP contribution in [0.1, 0.15) is 17.5 Å². The van der Waals surface area contributed by atoms with Gasteiger partial charge in [-0.25, -0.2) is 4.90 Å². The van der Waals surface area contributed by atoms with E-state index in [4.69, 9.17) is 35.4 Å². The number of anilines is 2. The number of nitrogens with zero attached hydrogens (tertiary/aromatic N) is 2. The molecule has 1 saturated heterocycles. The summed E-state index contributed by atoms with van der Waals surface area (Å²) >= 11 is 17.9. The Hall–Kier alpha value is -2.93. The van der Waals surface area contributed by atoms with Gasteiger partial charge in [0.15, 0.2) is 5.11 Å². The van der Waals surface area contributed by atoms with Crippen molar-refractivity contribution >= 4 is 63.7 Å². The number of benzene rings is 3. The third kappa shape index (κ3) is 5.41. The van der Waals surface area contributed by atoms with Gasteiger partial charge < -0.3 is 10.2 Å². The average Bonchev–Trinajstić information content (AvgIpc) is 3.11. The van der Waals surface area contributed by atoms with Crippen molar-refractivity contribution < 1.29 is 9.59 Å². The van der Waals surface area contributed by atoms with E-state index in [-0.39, 0.29) is 18.2 Å². The number of hydrogen-bond acceptors (Lipinski definition) is 3. The molecule has 1 atom stereocenters. The van der Waals surface area contributed by atoms with Crippen molar-refractivity contribution in [3.8, 4) is 0 Å². The molecule has 0 saturated carbocycles. The van der Waals surface area contributed by atoms with Gasteiger partial charge in [-0.05, 0) is 61.5 Å². The van der Waals surface area contributed by atoms with Crippen LogP contribution in [-0.4, -0.2) is 34.4 Å². The Morgan fingerprint density at radius 2 is 1.74 bits per heavy atom. The summed E-state index contributed by atoms with van der Waals surface area (Å²) in [7, 11) is 0. The van der Waals surface area contributed by atoms with Gasteiger partial charge in [0, 0.05) is 12.2 Å². The topological polar surface area (TPSA) is 52.7 Å². The van der Waals surface area contributed by atoms with Crippen molar-refractivity contribution in [2.24, 2.45) is 0 Å². The standard InChI is InChI=1S/C26H23Cl2N3O2S/c1-17-7-10-20(11-8-17)31-24(32)16-23(25(31)33)30(14-13-18-5-3-2-4-6-18)26(34)29-19-9-12-21(27)22(28)15-19/h2-12,15,23H,13-14,16H2,1H3,(H,29,34)/t23-/m0/s1. The molecule has 174 valence electrons. The normalized spacial score (nSPS) is 15.5. The summed E-state index contributed by atoms with van der Waals surface area (Å²) in [6, 6.07) is 21.7. The molecule has 3 aromatic rings. The quantitative estimate of drug-likeness (QED) is 0.331. The van der Waals surface area contributed by atoms with Crippen LogP contribution in [0.15, 0.2) is 72.8 Å². The van der Waals surface area contributed by atoms with Gasteiger partial charge in [-0.2, -0.15) is 0 Å². The fraction of sp³-hybridized carbons (Fsp3) is 0.192. The van der Waals surface area contributed by atoms with Gasteiger partial charge in [0.25, 0.3) is 5.91 Å². The molecule has 2 amide bonds. The molecule has 0 aromatic heterocycles. The smallest absolute Gasteiger partial charge is 0.257 e. The zero-order valence-corrected chi connectivity index (χ0v) is 20.8. The van der Waals surface area contributed by atoms with E-state index in [1.807, 2.05) is 49.4 Å². The Kier molecular flexibility index (Phi) is 7.51. The molecule has 34 heavy (non-hydrogen) atoms. The molecule has 0 bridgehead atoms. The number of amides is 2. The predicted molar refractivity (Wildman–Crippen MR) is 142 cm³/mol. The Morgan fingerprint density at radius 3 is 2.41 bits per heavy atom. The van der Waals surface area contributed by atoms with E-state index in [0.717, 1.165) is 11.1 Å². The predicted octanol–water partition coefficient (Wildman–Crippen LogP) is 5.88. The van der Waals surface area contributed by atoms with Crippen LogP contribution in [0.2, 0.25) is 10.0 Å². The van der Waals surface area contributed by atoms with E-state index < -0.39 is 6.04 Å². The number of thiocarbonyl (C=S) groups is 1. The highest BCUT2D eigenvalue weighted by Gasteiger charge is 2.43. The van der Waals surface area contributed by atoms with E-state index in [1.54, 1.807) is 35.2 Å². The van der Waals surface area contributed by atoms with E-state index in [1.165, 1.54) is 4.90 Å². The summed E-state index contributed by atoms with van der Waals surface area (Å²) in [5.74, 6) is -0.541. The SMILES string of the molecule is Cc1ccc(N2C(=O)C[C@H](N(CCc3ccccc3)C(=S)Nc3ccc(Cl)c(Cl)c3)C2=O)cc1. The van der Waals surface area contributed by atoms with Crippen molar-refractivity contribution in [3.63, 3.8) is 0 Å². The Labute approximate surface area is 214 Å². The molecular weight excluding hydrogens is 489 g/mol. The summed E-state index contributed by atoms with van der Waals surface area (Å²) in [6.07, 6.45) is 0.706. The van der Waals surface area contributed by atoms with Crippen LogP contribution < -0.4 is 10.2 Å². The third-order valence-corrected chi connectivity index (χ3v) is 6.78. The zero-order chi connectivity index (χ0) is 24.2. The second kappa shape index (κ2) is 10.6. The molecule has 1 N–H and O–H groups in total. The van der Waals surface area contributed by atoms with Crippen LogP contribution in [0.3, 0.4) is 0 Å². The third-order valence-electron chi connectivity index (χ3n) is 5.71. The minimum atomic E-state index is -0.708. The van der Waals surface area contributed by atoms with Crippen LogP contribution >= 0.6 is 35.4 Å². The van der Waals surface area contributed by atoms with Crippen molar-refractivity contribution in [3.05, 3.63) is 94.0 Å². The van der Waals surface area contributed by atoms with Gasteiger partial charge >= 0.3 is 0 Å². The second-order valence-electron chi connectivity index (χ2n) is 8.11. The minimum Gasteiger partial charge on any atom is -0.336 e. The van der Waals surface area contributed by atoms with E-state index in [2.05, 4.69) is 5.32 Å². The average molecular weight is 512 g/mol. The number of carbonyl (C=O) groups excluding carboxylic acids is 2. The maximum atomic E-state index is 13.4. The van der Waals surface area contributed by atoms with Crippen molar-refractivity contribution in [2.45, 2.75) is 25.8 Å². The van der Waals surface area contributed by atoms with Crippen LogP contribution in [-0.2, 0) is 16.0 Å². The van der Waals surface area contributed by atoms with Crippen molar-refractivity contribution in [1.29, 1.82) is 0 Å². The van der Waals surface area contributed by atoms with Gasteiger partial charge in [0.1, 0.15) is 6.04 Å². The maximum absolute atomic E-state index is 13.4. The molecule has 0 spiro atoms. The first-order valence-corrected chi connectivity index (χ1v) is 12.0. The summed E-state index contributed by atoms with van der Waals surface area (Å²) in [5.41, 5.74) is 3.37. The highest BCUT2D eigenvalue weighted by Crippen LogP contribution is 2.28. The van der Waals surface area contributed by atoms with Crippen LogP contribution in [0.25, 0.3) is 0 Å². The Balaban J connectivity index is 1.59. The van der Waals surface area contributed by atoms with Gasteiger partial charge in [0.05, 0.1) is 22.2 Å². The molecule has 1 aliphatic rings. The molecule has 0 aliphatic carbocycles. The highest BCUT2D eigenvalue weighted by molar-refractivity contribution is 7.80. The number of imide groups is 1. The number of nitrogens with one attached hydrogen (secondary N) is 1. The lowest BCUT2D eigenvalue weighted by Gasteiger charge is -2.30. The molecule has 4 rings (SSSR count). The lowest BCUT2D eigenvalue weighted by Crippen LogP contribution is -2.48. The lowest BCUT2D eigenvalue weighted by molar-refractivity contribution is -0.122. The van der Waals surface area contributed by atoms with E-state index in [9.17, 15) is 9.59 Å². The number of hydrogen-bond donors (Lipinski definition) is 1. The van der Waals surface area contributed by atoms with Crippen LogP contribution in [0.5, 0.6) is 0 Å². The van der Waals surface area contributed by atoms with Crippen molar-refractivity contribution in [2.75, 3.05) is 16.8 Å². The Bertz CT molecular complexity index is 1220. The molecular formula is C26H23Cl2N3O2S. The number of aryl methyl sites for hydroxylation is 1. The van der Waals surface area contributed by atoms with E-state index in [0.29, 0.717) is 39.5 Å². The molecule has 5 nitrogen and oxygen atoms in total. The first kappa shape index (κ1) is 24.2. The largest absolute Gasteiger partial charge is 0.336 e. The monoisotopic (exact) mass is 511 g/mol. The second-order valence-corrected chi connectivity index (χ2v) is 9.31. The summed E-state index contributed by atoms with van der Waals surface area (Å²) in [5, 5.41) is 4.32. The van der Waals surface area contributed by atoms with Gasteiger partial charge in [-0.15, -0.1) is 0 Å². The molecule has 8 heteroatoms. The fourth-order valence-electron chi connectivity index (χ4n) is 3.89. The maximum Gasteiger partial charge on any atom is 0.257 e. The van der Waals surface area contributed by atoms with E-state index >= 15 is 0 Å². The summed E-state index contributed by atoms with van der Waals surface area (Å²) in [6.45, 7) is 2.42. The first-order chi connectivity index (χ1) is 16.3. The van der Waals surface area contributed by atoms with Gasteiger partial charge in [-0.3, -0.25) is 9.59 Å². The van der Waals surface area contributed by atoms with Crippen molar-refractivity contribution in [1.82, 2.24) is 4.90 Å². The summed E-state index contributed by atoms with van der Waals surface area (Å²) < 4.78 is 0. The molecule has 0 radical (unpaired) electrons. The molecule has 0 unspecified atom stereocenters. The Morgan fingerprint density at radius 1 is 1.03 bits per heavy atom. The molecule has 1 heterocycles. The van der Waals surface area contributed by atoms with Crippen LogP contribution in [0, 0.1) is 6.92 Å². The number of rotatable bonds is 6. The highest BCUT2D eigenvalue weighted by atomic mass is 35.5. The number of carbonyl (C=O) groups is 2. The minimum absolute atomic E-state index is 0.0463. The fourth-order valence-corrected chi connectivity index (χ4v) is 4.52. The molecule has 3 aromatic carbocycles. The van der Waals surface area contributed by atoms with Gasteiger partial charge in [-0.1, -0.05) is 71.2 Å². The lowest BCUT2D eigenvalue weighted by atomic mass is 10.1. The molecule has 1 aliphatic heterocycles. The van der Waals surface area contributed by atoms with Gasteiger partial charge in [0.2, 0.25) is 5.91 Å². The number of halogens is 2. The molecule has 1 fully saturated rings. The van der Waals surface area contributed by atoms with Crippen LogP contribution in [0.4, 0.5) is 11.4 Å². The zero-order valence-electron chi connectivity index (χ0n) is 18.5. The first-order valence-electron chi connectivity index (χ1n) is 10.8. The summed E-state index contributed by atoms with van der Waals surface area (Å²) in [4.78, 5) is 29.4.